The summed E-state index contributed by atoms with van der Waals surface area (Å²) in [7, 11) is 0. The zero-order valence-electron chi connectivity index (χ0n) is 3.32. The van der Waals surface area contributed by atoms with Gasteiger partial charge in [0, 0.05) is 12.0 Å². The van der Waals surface area contributed by atoms with E-state index in [4.69, 9.17) is 4.18 Å². The van der Waals surface area contributed by atoms with E-state index in [9.17, 15) is 0 Å². The highest BCUT2D eigenvalue weighted by atomic mass is 32.2. The van der Waals surface area contributed by atoms with Gasteiger partial charge in [0.15, 0.2) is 0 Å². The Bertz CT molecular complexity index is 44.9. The molecule has 1 aliphatic rings. The molecule has 1 heterocycles. The summed E-state index contributed by atoms with van der Waals surface area (Å²) in [5.41, 5.74) is 0. The third-order valence-corrected chi connectivity index (χ3v) is 1.25. The predicted molar refractivity (Wildman–Crippen MR) is 22.8 cm³/mol. The second-order valence-electron chi connectivity index (χ2n) is 1.57. The van der Waals surface area contributed by atoms with Crippen molar-refractivity contribution in [3.63, 3.8) is 0 Å². The molecule has 1 rings (SSSR count). The Labute approximate surface area is 35.9 Å². The molecular weight excluding hydrogens is 84.1 g/mol. The van der Waals surface area contributed by atoms with Gasteiger partial charge < -0.3 is 0 Å². The summed E-state index contributed by atoms with van der Waals surface area (Å²) in [5, 5.41) is 0. The highest BCUT2D eigenvalue weighted by Crippen LogP contribution is 2.45. The molecule has 0 radical (unpaired) electrons. The third-order valence-electron chi connectivity index (χ3n) is 0.417. The van der Waals surface area contributed by atoms with Gasteiger partial charge >= 0.3 is 0 Å². The molecular formula is C3H6OS. The van der Waals surface area contributed by atoms with Gasteiger partial charge in [-0.25, -0.2) is 0 Å². The van der Waals surface area contributed by atoms with Crippen LogP contribution in [0.15, 0.2) is 0 Å². The lowest BCUT2D eigenvalue weighted by molar-refractivity contribution is 0.370. The summed E-state index contributed by atoms with van der Waals surface area (Å²) in [6.07, 6.45) is 0. The lowest BCUT2D eigenvalue weighted by atomic mass is 10.5. The van der Waals surface area contributed by atoms with Crippen molar-refractivity contribution in [2.45, 2.75) is 18.8 Å². The molecule has 0 aromatic rings. The Kier molecular flexibility index (Phi) is 0.478. The molecule has 0 saturated carbocycles. The fourth-order valence-electron chi connectivity index (χ4n) is 0.0833. The van der Waals surface area contributed by atoms with Gasteiger partial charge in [0.05, 0.1) is 0 Å². The first-order valence-corrected chi connectivity index (χ1v) is 2.32. The van der Waals surface area contributed by atoms with Gasteiger partial charge in [-0.1, -0.05) is 0 Å². The van der Waals surface area contributed by atoms with Crippen molar-refractivity contribution in [3.8, 4) is 0 Å². The quantitative estimate of drug-likeness (QED) is 0.329. The lowest BCUT2D eigenvalue weighted by Gasteiger charge is -1.77. The molecule has 1 nitrogen and oxygen atoms in total. The van der Waals surface area contributed by atoms with Crippen molar-refractivity contribution in [1.82, 2.24) is 0 Å². The first-order chi connectivity index (χ1) is 2.21. The van der Waals surface area contributed by atoms with Crippen molar-refractivity contribution in [3.05, 3.63) is 0 Å². The van der Waals surface area contributed by atoms with Gasteiger partial charge in [-0.3, -0.25) is 4.18 Å². The van der Waals surface area contributed by atoms with Crippen molar-refractivity contribution >= 4 is 12.0 Å². The summed E-state index contributed by atoms with van der Waals surface area (Å²) in [5.74, 6) is 0. The van der Waals surface area contributed by atoms with Crippen LogP contribution in [-0.4, -0.2) is 4.93 Å². The average molecular weight is 90.1 g/mol. The predicted octanol–water partition coefficient (Wildman–Crippen LogP) is 1.40. The average Bonchev–Trinajstić information content (AvgIpc) is 1.76. The summed E-state index contributed by atoms with van der Waals surface area (Å²) in [4.78, 5) is 0.167. The summed E-state index contributed by atoms with van der Waals surface area (Å²) < 4.78 is 4.81. The Balaban J connectivity index is 2.38. The minimum Gasteiger partial charge on any atom is -0.293 e. The van der Waals surface area contributed by atoms with Crippen LogP contribution in [0, 0.1) is 0 Å². The van der Waals surface area contributed by atoms with E-state index < -0.39 is 0 Å². The first kappa shape index (κ1) is 3.50. The normalized spacial score (nSPS) is 30.0. The molecule has 1 saturated heterocycles. The SMILES string of the molecule is CC1(C)OS1. The van der Waals surface area contributed by atoms with Crippen LogP contribution >= 0.6 is 12.0 Å². The molecule has 5 heavy (non-hydrogen) atoms. The van der Waals surface area contributed by atoms with E-state index >= 15 is 0 Å². The van der Waals surface area contributed by atoms with Crippen LogP contribution in [0.25, 0.3) is 0 Å². The van der Waals surface area contributed by atoms with Gasteiger partial charge in [-0.05, 0) is 13.8 Å². The van der Waals surface area contributed by atoms with Crippen LogP contribution < -0.4 is 0 Å². The molecule has 0 aliphatic carbocycles. The monoisotopic (exact) mass is 90.0 g/mol. The van der Waals surface area contributed by atoms with Crippen molar-refractivity contribution in [2.24, 2.45) is 0 Å². The number of hydrogen-bond donors (Lipinski definition) is 0. The van der Waals surface area contributed by atoms with E-state index in [-0.39, 0.29) is 4.93 Å². The Morgan fingerprint density at radius 1 is 1.60 bits per heavy atom. The van der Waals surface area contributed by atoms with E-state index in [0.29, 0.717) is 0 Å². The summed E-state index contributed by atoms with van der Waals surface area (Å²) in [6, 6.07) is 0. The molecule has 0 atom stereocenters. The fourth-order valence-corrected chi connectivity index (χ4v) is 0.250. The van der Waals surface area contributed by atoms with Crippen LogP contribution in [-0.2, 0) is 4.18 Å². The maximum atomic E-state index is 4.81. The Morgan fingerprint density at radius 2 is 1.80 bits per heavy atom. The summed E-state index contributed by atoms with van der Waals surface area (Å²) >= 11 is 1.53. The lowest BCUT2D eigenvalue weighted by Crippen LogP contribution is -1.86. The van der Waals surface area contributed by atoms with Gasteiger partial charge in [-0.15, -0.1) is 0 Å². The van der Waals surface area contributed by atoms with Crippen LogP contribution in [0.1, 0.15) is 13.8 Å². The molecule has 0 bridgehead atoms. The maximum absolute atomic E-state index is 4.81. The zero-order chi connectivity index (χ0) is 3.91. The Hall–Kier alpha value is 0.310. The highest BCUT2D eigenvalue weighted by molar-refractivity contribution is 8.01. The molecule has 0 N–H and O–H groups in total. The van der Waals surface area contributed by atoms with Gasteiger partial charge in [0.2, 0.25) is 0 Å². The topological polar surface area (TPSA) is 12.5 Å². The molecule has 0 amide bonds. The highest BCUT2D eigenvalue weighted by Gasteiger charge is 2.35. The minimum atomic E-state index is 0.167. The zero-order valence-corrected chi connectivity index (χ0v) is 4.13. The molecule has 0 aromatic carbocycles. The largest absolute Gasteiger partial charge is 0.293 e. The van der Waals surface area contributed by atoms with Crippen LogP contribution in [0.3, 0.4) is 0 Å². The maximum Gasteiger partial charge on any atom is 0.148 e. The number of hydrogen-bond acceptors (Lipinski definition) is 2. The second-order valence-corrected chi connectivity index (χ2v) is 2.88. The molecule has 0 unspecified atom stereocenters. The van der Waals surface area contributed by atoms with E-state index in [1.807, 2.05) is 13.8 Å². The fraction of sp³-hybridized carbons (Fsp3) is 1.00. The van der Waals surface area contributed by atoms with E-state index in [1.54, 1.807) is 0 Å². The van der Waals surface area contributed by atoms with E-state index in [0.717, 1.165) is 0 Å². The van der Waals surface area contributed by atoms with Crippen LogP contribution in [0.4, 0.5) is 0 Å². The van der Waals surface area contributed by atoms with Crippen molar-refractivity contribution in [1.29, 1.82) is 0 Å². The number of rotatable bonds is 0. The molecule has 1 aliphatic heterocycles. The molecule has 30 valence electrons. The van der Waals surface area contributed by atoms with Crippen molar-refractivity contribution in [2.75, 3.05) is 0 Å². The van der Waals surface area contributed by atoms with Crippen molar-refractivity contribution < 1.29 is 4.18 Å². The summed E-state index contributed by atoms with van der Waals surface area (Å²) in [6.45, 7) is 4.08. The Morgan fingerprint density at radius 3 is 1.80 bits per heavy atom. The van der Waals surface area contributed by atoms with Crippen LogP contribution in [0.2, 0.25) is 0 Å². The standard InChI is InChI=1S/C3H6OS/c1-3(2)4-5-3/h1-2H3. The second kappa shape index (κ2) is 0.684. The van der Waals surface area contributed by atoms with E-state index in [1.165, 1.54) is 12.0 Å². The molecule has 2 heteroatoms. The van der Waals surface area contributed by atoms with Crippen LogP contribution in [0.5, 0.6) is 0 Å². The van der Waals surface area contributed by atoms with Gasteiger partial charge in [0.1, 0.15) is 4.93 Å². The first-order valence-electron chi connectivity index (χ1n) is 1.57. The smallest absolute Gasteiger partial charge is 0.148 e. The van der Waals surface area contributed by atoms with Gasteiger partial charge in [0.25, 0.3) is 0 Å². The molecule has 1 fully saturated rings. The van der Waals surface area contributed by atoms with E-state index in [2.05, 4.69) is 0 Å². The third kappa shape index (κ3) is 0.816. The van der Waals surface area contributed by atoms with Gasteiger partial charge in [-0.2, -0.15) is 0 Å². The minimum absolute atomic E-state index is 0.167. The molecule has 0 spiro atoms. The molecule has 0 aromatic heterocycles.